The number of aliphatic hydroxyl groups is 5. The van der Waals surface area contributed by atoms with Crippen LogP contribution in [0.5, 0.6) is 23.0 Å². The average Bonchev–Trinajstić information content (AvgIpc) is 3.19. The molecule has 8 atom stereocenters. The molecule has 0 amide bonds. The van der Waals surface area contributed by atoms with Crippen molar-refractivity contribution >= 4 is 11.0 Å². The molecule has 2 fully saturated rings. The van der Waals surface area contributed by atoms with Crippen LogP contribution in [0.2, 0.25) is 0 Å². The van der Waals surface area contributed by atoms with E-state index in [9.17, 15) is 45.6 Å². The fourth-order valence-corrected chi connectivity index (χ4v) is 4.44. The van der Waals surface area contributed by atoms with E-state index in [0.29, 0.717) is 0 Å². The molecule has 0 spiro atoms. The number of phenolic OH excluding ortho intramolecular Hbond substituents is 3. The van der Waals surface area contributed by atoms with E-state index in [1.54, 1.807) is 0 Å². The Bertz CT molecular complexity index is 1390. The van der Waals surface area contributed by atoms with E-state index in [-0.39, 0.29) is 33.8 Å². The molecule has 0 aliphatic carbocycles. The molecule has 3 heterocycles. The van der Waals surface area contributed by atoms with Gasteiger partial charge in [0.2, 0.25) is 17.5 Å². The van der Waals surface area contributed by atoms with Gasteiger partial charge in [0, 0.05) is 17.7 Å². The highest BCUT2D eigenvalue weighted by Crippen LogP contribution is 2.38. The molecule has 0 bridgehead atoms. The first-order valence-corrected chi connectivity index (χ1v) is 11.8. The quantitative estimate of drug-likeness (QED) is 0.181. The van der Waals surface area contributed by atoms with Gasteiger partial charge in [0.1, 0.15) is 58.7 Å². The van der Waals surface area contributed by atoms with Crippen molar-refractivity contribution in [2.75, 3.05) is 13.2 Å². The standard InChI is InChI=1S/C25H26O14/c26-7-15-18(32)23(39-24-20(34)17(31)13(30)8-35-24)25(37-15)38-22-19(33)16-12(29)5-11(28)6-14(16)36-21(22)9-1-3-10(27)4-2-9/h1-6,13,15,17-18,20,23-32,34H,7-8H2. The molecule has 8 unspecified atom stereocenters. The molecule has 2 saturated heterocycles. The number of benzene rings is 2. The third-order valence-electron chi connectivity index (χ3n) is 6.50. The van der Waals surface area contributed by atoms with Crippen LogP contribution in [-0.4, -0.2) is 103 Å². The number of fused-ring (bicyclic) bond motifs is 1. The first kappa shape index (κ1) is 27.1. The van der Waals surface area contributed by atoms with E-state index < -0.39 is 79.3 Å². The van der Waals surface area contributed by atoms with Gasteiger partial charge in [-0.15, -0.1) is 0 Å². The lowest BCUT2D eigenvalue weighted by molar-refractivity contribution is -0.298. The summed E-state index contributed by atoms with van der Waals surface area (Å²) in [5.74, 6) is -1.79. The Morgan fingerprint density at radius 3 is 2.31 bits per heavy atom. The lowest BCUT2D eigenvalue weighted by atomic mass is 10.1. The molecule has 0 radical (unpaired) electrons. The minimum atomic E-state index is -1.72. The summed E-state index contributed by atoms with van der Waals surface area (Å²) in [7, 11) is 0. The highest BCUT2D eigenvalue weighted by Gasteiger charge is 2.50. The molecule has 14 heteroatoms. The first-order chi connectivity index (χ1) is 18.6. The Hall–Kier alpha value is -3.47. The lowest BCUT2D eigenvalue weighted by Gasteiger charge is -2.37. The third-order valence-corrected chi connectivity index (χ3v) is 6.50. The Balaban J connectivity index is 1.57. The molecule has 2 aromatic carbocycles. The van der Waals surface area contributed by atoms with Crippen molar-refractivity contribution in [1.82, 2.24) is 0 Å². The van der Waals surface area contributed by atoms with Gasteiger partial charge in [0.15, 0.2) is 18.2 Å². The molecule has 14 nitrogen and oxygen atoms in total. The van der Waals surface area contributed by atoms with Crippen LogP contribution in [0, 0.1) is 0 Å². The summed E-state index contributed by atoms with van der Waals surface area (Å²) in [5.41, 5.74) is -0.844. The number of rotatable bonds is 6. The van der Waals surface area contributed by atoms with Crippen molar-refractivity contribution in [1.29, 1.82) is 0 Å². The van der Waals surface area contributed by atoms with E-state index in [2.05, 4.69) is 0 Å². The molecule has 5 rings (SSSR count). The number of aliphatic hydroxyl groups excluding tert-OH is 5. The normalized spacial score (nSPS) is 31.0. The van der Waals surface area contributed by atoms with E-state index in [0.717, 1.165) is 12.1 Å². The summed E-state index contributed by atoms with van der Waals surface area (Å²) >= 11 is 0. The zero-order valence-electron chi connectivity index (χ0n) is 20.0. The number of hydrogen-bond donors (Lipinski definition) is 8. The topological polar surface area (TPSA) is 229 Å². The zero-order chi connectivity index (χ0) is 28.0. The van der Waals surface area contributed by atoms with Crippen molar-refractivity contribution in [2.45, 2.75) is 49.2 Å². The number of phenols is 3. The summed E-state index contributed by atoms with van der Waals surface area (Å²) < 4.78 is 28.1. The van der Waals surface area contributed by atoms with Gasteiger partial charge in [0.05, 0.1) is 13.2 Å². The van der Waals surface area contributed by atoms with E-state index in [1.807, 2.05) is 0 Å². The highest BCUT2D eigenvalue weighted by molar-refractivity contribution is 5.88. The molecular weight excluding hydrogens is 524 g/mol. The summed E-state index contributed by atoms with van der Waals surface area (Å²) in [5, 5.41) is 80.0. The number of hydrogen-bond acceptors (Lipinski definition) is 14. The van der Waals surface area contributed by atoms with Gasteiger partial charge in [-0.2, -0.15) is 0 Å². The predicted molar refractivity (Wildman–Crippen MR) is 128 cm³/mol. The molecule has 8 N–H and O–H groups in total. The maximum absolute atomic E-state index is 13.6. The Morgan fingerprint density at radius 2 is 1.62 bits per heavy atom. The van der Waals surface area contributed by atoms with Crippen molar-refractivity contribution in [3.05, 3.63) is 46.6 Å². The molecule has 210 valence electrons. The second-order valence-corrected chi connectivity index (χ2v) is 9.16. The van der Waals surface area contributed by atoms with Gasteiger partial charge in [-0.05, 0) is 24.3 Å². The van der Waals surface area contributed by atoms with Gasteiger partial charge in [-0.3, -0.25) is 4.79 Å². The molecule has 2 aliphatic heterocycles. The fraction of sp³-hybridized carbons (Fsp3) is 0.400. The number of ether oxygens (including phenoxy) is 4. The van der Waals surface area contributed by atoms with Crippen molar-refractivity contribution in [2.24, 2.45) is 0 Å². The van der Waals surface area contributed by atoms with Gasteiger partial charge < -0.3 is 64.2 Å². The van der Waals surface area contributed by atoms with Crippen molar-refractivity contribution in [3.8, 4) is 34.3 Å². The van der Waals surface area contributed by atoms with Gasteiger partial charge in [-0.25, -0.2) is 0 Å². The van der Waals surface area contributed by atoms with E-state index in [4.69, 9.17) is 23.4 Å². The second kappa shape index (κ2) is 10.6. The largest absolute Gasteiger partial charge is 0.508 e. The molecule has 2 aliphatic rings. The van der Waals surface area contributed by atoms with Crippen molar-refractivity contribution < 1.29 is 64.2 Å². The second-order valence-electron chi connectivity index (χ2n) is 9.16. The summed E-state index contributed by atoms with van der Waals surface area (Å²) in [6.07, 6.45) is -12.2. The molecule has 1 aromatic heterocycles. The zero-order valence-corrected chi connectivity index (χ0v) is 20.0. The van der Waals surface area contributed by atoms with Crippen LogP contribution in [0.15, 0.2) is 45.6 Å². The average molecular weight is 550 g/mol. The Labute approximate surface area is 219 Å². The minimum Gasteiger partial charge on any atom is -0.508 e. The lowest BCUT2D eigenvalue weighted by Crippen LogP contribution is -2.56. The number of aromatic hydroxyl groups is 3. The minimum absolute atomic E-state index is 0.0838. The third kappa shape index (κ3) is 4.99. The molecule has 0 saturated carbocycles. The van der Waals surface area contributed by atoms with Crippen LogP contribution >= 0.6 is 0 Å². The predicted octanol–water partition coefficient (Wildman–Crippen LogP) is -1.14. The van der Waals surface area contributed by atoms with E-state index >= 15 is 0 Å². The fourth-order valence-electron chi connectivity index (χ4n) is 4.44. The molecule has 39 heavy (non-hydrogen) atoms. The highest BCUT2D eigenvalue weighted by atomic mass is 16.8. The van der Waals surface area contributed by atoms with Crippen LogP contribution < -0.4 is 10.2 Å². The molecule has 3 aromatic rings. The van der Waals surface area contributed by atoms with E-state index in [1.165, 1.54) is 24.3 Å². The maximum atomic E-state index is 13.6. The van der Waals surface area contributed by atoms with Gasteiger partial charge in [-0.1, -0.05) is 0 Å². The van der Waals surface area contributed by atoms with Gasteiger partial charge in [0.25, 0.3) is 0 Å². The van der Waals surface area contributed by atoms with Crippen LogP contribution in [0.3, 0.4) is 0 Å². The van der Waals surface area contributed by atoms with Crippen LogP contribution in [0.4, 0.5) is 0 Å². The summed E-state index contributed by atoms with van der Waals surface area (Å²) in [6.45, 7) is -1.08. The van der Waals surface area contributed by atoms with Crippen molar-refractivity contribution in [3.63, 3.8) is 0 Å². The van der Waals surface area contributed by atoms with Crippen LogP contribution in [-0.2, 0) is 14.2 Å². The maximum Gasteiger partial charge on any atom is 0.239 e. The van der Waals surface area contributed by atoms with Gasteiger partial charge >= 0.3 is 0 Å². The van der Waals surface area contributed by atoms with Crippen LogP contribution in [0.25, 0.3) is 22.3 Å². The Kier molecular flexibility index (Phi) is 7.37. The Morgan fingerprint density at radius 1 is 0.897 bits per heavy atom. The molecular formula is C25H26O14. The first-order valence-electron chi connectivity index (χ1n) is 11.8. The monoisotopic (exact) mass is 550 g/mol. The van der Waals surface area contributed by atoms with Crippen LogP contribution in [0.1, 0.15) is 0 Å². The summed E-state index contributed by atoms with van der Waals surface area (Å²) in [4.78, 5) is 13.6. The SMILES string of the molecule is O=c1c(OC2OC(CO)C(O)C2OC2OCC(O)C(O)C2O)c(-c2ccc(O)cc2)oc2cc(O)cc(O)c12. The summed E-state index contributed by atoms with van der Waals surface area (Å²) in [6, 6.07) is 7.47. The smallest absolute Gasteiger partial charge is 0.239 e.